The number of aromatic nitrogens is 2. The summed E-state index contributed by atoms with van der Waals surface area (Å²) >= 11 is 7.94. The maximum atomic E-state index is 6.19. The Morgan fingerprint density at radius 2 is 1.96 bits per heavy atom. The largest absolute Gasteiger partial charge is 0.489 e. The average Bonchev–Trinajstić information content (AvgIpc) is 2.94. The molecule has 0 spiro atoms. The van der Waals surface area contributed by atoms with E-state index in [1.54, 1.807) is 11.3 Å². The summed E-state index contributed by atoms with van der Waals surface area (Å²) in [6, 6.07) is 7.92. The SMILES string of the molecule is CC(C)Oc1ccccc1Nc1nc(Cl)nc2sc3c(c12)CCCC3. The van der Waals surface area contributed by atoms with Crippen molar-refractivity contribution in [1.29, 1.82) is 0 Å². The molecule has 1 aliphatic carbocycles. The number of hydrogen-bond donors (Lipinski definition) is 1. The molecule has 1 aromatic carbocycles. The van der Waals surface area contributed by atoms with Crippen molar-refractivity contribution in [3.05, 3.63) is 40.0 Å². The first-order chi connectivity index (χ1) is 12.1. The van der Waals surface area contributed by atoms with Crippen molar-refractivity contribution >= 4 is 44.7 Å². The molecule has 4 rings (SSSR count). The Balaban J connectivity index is 1.81. The third kappa shape index (κ3) is 3.31. The molecule has 0 amide bonds. The second kappa shape index (κ2) is 6.81. The molecule has 0 atom stereocenters. The third-order valence-corrected chi connectivity index (χ3v) is 5.64. The molecule has 0 bridgehead atoms. The highest BCUT2D eigenvalue weighted by molar-refractivity contribution is 7.19. The van der Waals surface area contributed by atoms with Gasteiger partial charge in [0.05, 0.1) is 17.2 Å². The van der Waals surface area contributed by atoms with Crippen LogP contribution in [0, 0.1) is 0 Å². The number of fused-ring (bicyclic) bond motifs is 3. The average molecular weight is 374 g/mol. The predicted molar refractivity (Wildman–Crippen MR) is 105 cm³/mol. The highest BCUT2D eigenvalue weighted by Gasteiger charge is 2.21. The molecule has 4 nitrogen and oxygen atoms in total. The van der Waals surface area contributed by atoms with Crippen molar-refractivity contribution < 1.29 is 4.74 Å². The lowest BCUT2D eigenvalue weighted by Gasteiger charge is -2.16. The van der Waals surface area contributed by atoms with E-state index in [9.17, 15) is 0 Å². The first-order valence-electron chi connectivity index (χ1n) is 8.62. The number of nitrogens with one attached hydrogen (secondary N) is 1. The van der Waals surface area contributed by atoms with Crippen LogP contribution in [-0.2, 0) is 12.8 Å². The molecule has 0 unspecified atom stereocenters. The van der Waals surface area contributed by atoms with E-state index in [1.165, 1.54) is 23.3 Å². The number of hydrogen-bond acceptors (Lipinski definition) is 5. The van der Waals surface area contributed by atoms with Gasteiger partial charge in [-0.25, -0.2) is 4.98 Å². The van der Waals surface area contributed by atoms with Crippen LogP contribution >= 0.6 is 22.9 Å². The molecule has 6 heteroatoms. The Bertz CT molecular complexity index is 922. The Kier molecular flexibility index (Phi) is 4.52. The van der Waals surface area contributed by atoms with E-state index in [0.717, 1.165) is 40.3 Å². The van der Waals surface area contributed by atoms with Crippen LogP contribution in [0.5, 0.6) is 5.75 Å². The van der Waals surface area contributed by atoms with Crippen LogP contribution in [0.4, 0.5) is 11.5 Å². The van der Waals surface area contributed by atoms with Gasteiger partial charge in [0, 0.05) is 4.88 Å². The fourth-order valence-corrected chi connectivity index (χ4v) is 4.76. The van der Waals surface area contributed by atoms with Crippen molar-refractivity contribution in [2.24, 2.45) is 0 Å². The molecule has 0 fully saturated rings. The summed E-state index contributed by atoms with van der Waals surface area (Å²) in [5.41, 5.74) is 2.27. The van der Waals surface area contributed by atoms with Gasteiger partial charge in [-0.2, -0.15) is 4.98 Å². The molecule has 1 aliphatic rings. The van der Waals surface area contributed by atoms with Crippen molar-refractivity contribution in [1.82, 2.24) is 9.97 Å². The van der Waals surface area contributed by atoms with Crippen LogP contribution in [-0.4, -0.2) is 16.1 Å². The predicted octanol–water partition coefficient (Wildman–Crippen LogP) is 5.75. The van der Waals surface area contributed by atoms with Gasteiger partial charge in [-0.3, -0.25) is 0 Å². The summed E-state index contributed by atoms with van der Waals surface area (Å²) in [5.74, 6) is 1.58. The van der Waals surface area contributed by atoms with Gasteiger partial charge >= 0.3 is 0 Å². The molecule has 0 saturated heterocycles. The summed E-state index contributed by atoms with van der Waals surface area (Å²) in [6.45, 7) is 4.04. The number of aryl methyl sites for hydroxylation is 2. The molecule has 0 radical (unpaired) electrons. The summed E-state index contributed by atoms with van der Waals surface area (Å²) in [6.07, 6.45) is 4.77. The number of nitrogens with zero attached hydrogens (tertiary/aromatic N) is 2. The van der Waals surface area contributed by atoms with Gasteiger partial charge in [0.25, 0.3) is 0 Å². The summed E-state index contributed by atoms with van der Waals surface area (Å²) in [7, 11) is 0. The molecule has 2 heterocycles. The number of benzene rings is 1. The highest BCUT2D eigenvalue weighted by atomic mass is 35.5. The van der Waals surface area contributed by atoms with E-state index in [4.69, 9.17) is 16.3 Å². The van der Waals surface area contributed by atoms with Crippen LogP contribution < -0.4 is 10.1 Å². The maximum Gasteiger partial charge on any atom is 0.225 e. The van der Waals surface area contributed by atoms with E-state index in [-0.39, 0.29) is 11.4 Å². The lowest BCUT2D eigenvalue weighted by atomic mass is 9.97. The molecule has 0 aliphatic heterocycles. The number of halogens is 1. The van der Waals surface area contributed by atoms with Gasteiger partial charge in [0.2, 0.25) is 5.28 Å². The number of anilines is 2. The van der Waals surface area contributed by atoms with Gasteiger partial charge in [0.15, 0.2) is 0 Å². The van der Waals surface area contributed by atoms with Gasteiger partial charge in [-0.05, 0) is 68.8 Å². The summed E-state index contributed by atoms with van der Waals surface area (Å²) in [5, 5.41) is 4.83. The minimum atomic E-state index is 0.103. The Morgan fingerprint density at radius 1 is 1.16 bits per heavy atom. The highest BCUT2D eigenvalue weighted by Crippen LogP contribution is 2.40. The quantitative estimate of drug-likeness (QED) is 0.591. The van der Waals surface area contributed by atoms with Crippen LogP contribution in [0.3, 0.4) is 0 Å². The fourth-order valence-electron chi connectivity index (χ4n) is 3.28. The molecule has 130 valence electrons. The van der Waals surface area contributed by atoms with Gasteiger partial charge in [-0.1, -0.05) is 12.1 Å². The zero-order valence-electron chi connectivity index (χ0n) is 14.3. The van der Waals surface area contributed by atoms with E-state index < -0.39 is 0 Å². The van der Waals surface area contributed by atoms with E-state index >= 15 is 0 Å². The van der Waals surface area contributed by atoms with E-state index in [0.29, 0.717) is 0 Å². The van der Waals surface area contributed by atoms with Crippen LogP contribution in [0.1, 0.15) is 37.1 Å². The normalized spacial score (nSPS) is 13.9. The van der Waals surface area contributed by atoms with Gasteiger partial charge in [-0.15, -0.1) is 11.3 Å². The smallest absolute Gasteiger partial charge is 0.225 e. The third-order valence-electron chi connectivity index (χ3n) is 4.29. The molecular formula is C19H20ClN3OS. The topological polar surface area (TPSA) is 47.0 Å². The fraction of sp³-hybridized carbons (Fsp3) is 0.368. The number of ether oxygens (including phenoxy) is 1. The number of thiophene rings is 1. The van der Waals surface area contributed by atoms with Crippen molar-refractivity contribution in [3.63, 3.8) is 0 Å². The monoisotopic (exact) mass is 373 g/mol. The van der Waals surface area contributed by atoms with Crippen LogP contribution in [0.15, 0.2) is 24.3 Å². The molecular weight excluding hydrogens is 354 g/mol. The van der Waals surface area contributed by atoms with Crippen molar-refractivity contribution in [3.8, 4) is 5.75 Å². The minimum Gasteiger partial charge on any atom is -0.489 e. The molecule has 1 N–H and O–H groups in total. The van der Waals surface area contributed by atoms with Crippen LogP contribution in [0.2, 0.25) is 5.28 Å². The van der Waals surface area contributed by atoms with Crippen molar-refractivity contribution in [2.45, 2.75) is 45.6 Å². The number of rotatable bonds is 4. The summed E-state index contributed by atoms with van der Waals surface area (Å²) < 4.78 is 5.92. The first kappa shape index (κ1) is 16.6. The second-order valence-electron chi connectivity index (χ2n) is 6.52. The lowest BCUT2D eigenvalue weighted by molar-refractivity contribution is 0.244. The first-order valence-corrected chi connectivity index (χ1v) is 9.82. The Morgan fingerprint density at radius 3 is 2.80 bits per heavy atom. The standard InChI is InChI=1S/C19H20ClN3OS/c1-11(2)24-14-9-5-4-8-13(14)21-17-16-12-7-3-6-10-15(12)25-18(16)23-19(20)22-17/h4-5,8-9,11H,3,6-7,10H2,1-2H3,(H,21,22,23). The van der Waals surface area contributed by atoms with Crippen molar-refractivity contribution in [2.75, 3.05) is 5.32 Å². The van der Waals surface area contributed by atoms with Gasteiger partial charge in [0.1, 0.15) is 16.4 Å². The maximum absolute atomic E-state index is 6.19. The number of para-hydroxylation sites is 2. The zero-order chi connectivity index (χ0) is 17.4. The summed E-state index contributed by atoms with van der Waals surface area (Å²) in [4.78, 5) is 11.3. The van der Waals surface area contributed by atoms with Gasteiger partial charge < -0.3 is 10.1 Å². The lowest BCUT2D eigenvalue weighted by Crippen LogP contribution is -2.08. The Hall–Kier alpha value is -1.85. The Labute approximate surface area is 156 Å². The van der Waals surface area contributed by atoms with E-state index in [1.807, 2.05) is 38.1 Å². The molecule has 25 heavy (non-hydrogen) atoms. The zero-order valence-corrected chi connectivity index (χ0v) is 15.9. The van der Waals surface area contributed by atoms with Crippen LogP contribution in [0.25, 0.3) is 10.2 Å². The van der Waals surface area contributed by atoms with E-state index in [2.05, 4.69) is 15.3 Å². The second-order valence-corrected chi connectivity index (χ2v) is 7.94. The molecule has 2 aromatic heterocycles. The molecule has 0 saturated carbocycles. The molecule has 3 aromatic rings. The minimum absolute atomic E-state index is 0.103.